The molecule has 6 aromatic rings. The van der Waals surface area contributed by atoms with Gasteiger partial charge >= 0.3 is 7.69 Å². The van der Waals surface area contributed by atoms with E-state index >= 15 is 0 Å². The van der Waals surface area contributed by atoms with Gasteiger partial charge in [0.15, 0.2) is 28.1 Å². The second-order valence-corrected chi connectivity index (χ2v) is 51.0. The van der Waals surface area contributed by atoms with Crippen LogP contribution in [-0.2, 0) is 71.7 Å². The molecule has 8 aliphatic carbocycles. The highest BCUT2D eigenvalue weighted by atomic mass is 79.9. The SMILES string of the molecule is CC(C)(C)OO.CC(C)(CN)CN.CCO.COC1CCC2(CC1)Cc1ccc(-c3cc(F)cc(Cl)c3)cc1C21N=C(N)N2CC(C)(C)CN=C21.COC1CCC2(CC1)Cc1ccc(Br)cc1C21N=C(N)N2CC(C)(C)CN=C21.COC1CCC2(CC1)Cc1ccc(Br)cc1C21NC(=S)N2CC(C)(C)CN=C21.COC1CCC2(CC1)Cc1ccc(Br)cc1C21NC(=S)SC1=S.N.O.O[B]Oc1cc(F)cc(Cl)c1. The number of hydrogen-bond donors (Lipinski definition) is 10. The predicted molar refractivity (Wildman–Crippen MR) is 598 cm³/mol. The molecule has 4 unspecified atom stereocenters. The molecule has 4 atom stereocenters. The minimum Gasteiger partial charge on any atom is -0.537 e. The third-order valence-electron chi connectivity index (χ3n) is 31.6. The highest BCUT2D eigenvalue weighted by Crippen LogP contribution is 2.68. The summed E-state index contributed by atoms with van der Waals surface area (Å²) < 4.78 is 59.0. The first-order chi connectivity index (χ1) is 66.6. The Morgan fingerprint density at radius 1 is 0.503 bits per heavy atom. The van der Waals surface area contributed by atoms with Crippen LogP contribution in [-0.4, -0.2) is 204 Å². The van der Waals surface area contributed by atoms with Crippen molar-refractivity contribution in [3.8, 4) is 16.9 Å². The lowest BCUT2D eigenvalue weighted by Gasteiger charge is -2.49. The summed E-state index contributed by atoms with van der Waals surface area (Å²) in [5, 5.41) is 32.6. The maximum atomic E-state index is 14.2. The molecule has 25 nitrogen and oxygen atoms in total. The lowest BCUT2D eigenvalue weighted by Crippen LogP contribution is -2.58. The fourth-order valence-electron chi connectivity index (χ4n) is 24.3. The number of aliphatic hydroxyl groups excluding tert-OH is 1. The molecule has 143 heavy (non-hydrogen) atoms. The zero-order valence-electron chi connectivity index (χ0n) is 85.4. The number of thioether (sulfide) groups is 1. The number of nitrogens with two attached hydrogens (primary N) is 4. The molecule has 7 aliphatic heterocycles. The summed E-state index contributed by atoms with van der Waals surface area (Å²) in [4.78, 5) is 36.7. The van der Waals surface area contributed by atoms with Crippen LogP contribution >= 0.6 is 119 Å². The number of amidine groups is 3. The van der Waals surface area contributed by atoms with Crippen molar-refractivity contribution in [3.63, 3.8) is 0 Å². The number of aliphatic imine (C=N–C) groups is 5. The number of hydrogen-bond acceptors (Lipinski definition) is 25. The maximum Gasteiger partial charge on any atom is 0.569 e. The molecule has 6 fully saturated rings. The fraction of sp³-hybridized carbons (Fsp3) is 0.585. The number of rotatable bonds is 9. The third-order valence-corrected chi connectivity index (χ3v) is 35.5. The average molecular weight is 2280 g/mol. The van der Waals surface area contributed by atoms with Crippen LogP contribution in [0, 0.1) is 55.0 Å². The van der Waals surface area contributed by atoms with Gasteiger partial charge in [-0.15, -0.1) is 0 Å². The van der Waals surface area contributed by atoms with Gasteiger partial charge in [0.2, 0.25) is 0 Å². The van der Waals surface area contributed by atoms with E-state index in [4.69, 9.17) is 142 Å². The summed E-state index contributed by atoms with van der Waals surface area (Å²) in [5.74, 6) is 3.72. The van der Waals surface area contributed by atoms with Crippen molar-refractivity contribution in [2.45, 2.75) is 264 Å². The van der Waals surface area contributed by atoms with Crippen molar-refractivity contribution < 1.29 is 58.1 Å². The lowest BCUT2D eigenvalue weighted by molar-refractivity contribution is -0.306. The van der Waals surface area contributed by atoms with Gasteiger partial charge in [-0.25, -0.2) is 23.7 Å². The predicted octanol–water partition coefficient (Wildman–Crippen LogP) is 20.4. The molecular formula is C106H146BBr3Cl2F2N15O10S4. The van der Waals surface area contributed by atoms with Gasteiger partial charge in [-0.05, 0) is 315 Å². The summed E-state index contributed by atoms with van der Waals surface area (Å²) in [6.45, 7) is 31.2. The summed E-state index contributed by atoms with van der Waals surface area (Å²) in [6.07, 6.45) is 22.7. The third kappa shape index (κ3) is 22.9. The monoisotopic (exact) mass is 2270 g/mol. The smallest absolute Gasteiger partial charge is 0.537 e. The van der Waals surface area contributed by atoms with Gasteiger partial charge < -0.3 is 83.8 Å². The Morgan fingerprint density at radius 2 is 0.853 bits per heavy atom. The largest absolute Gasteiger partial charge is 0.569 e. The Balaban J connectivity index is 0.000000157. The van der Waals surface area contributed by atoms with E-state index in [1.807, 2.05) is 41.2 Å². The van der Waals surface area contributed by atoms with Gasteiger partial charge in [0.25, 0.3) is 0 Å². The quantitative estimate of drug-likeness (QED) is 0.0278. The minimum atomic E-state index is -0.630. The van der Waals surface area contributed by atoms with E-state index in [0.717, 1.165) is 241 Å². The maximum absolute atomic E-state index is 14.2. The van der Waals surface area contributed by atoms with Crippen LogP contribution in [0.2, 0.25) is 10.0 Å². The van der Waals surface area contributed by atoms with E-state index in [1.54, 1.807) is 46.6 Å². The molecule has 2 saturated heterocycles. The number of thiocarbonyl (C=S) groups is 3. The van der Waals surface area contributed by atoms with Crippen molar-refractivity contribution in [2.75, 3.05) is 87.4 Å². The second kappa shape index (κ2) is 45.8. The molecule has 18 N–H and O–H groups in total. The number of fused-ring (bicyclic) bond motifs is 18. The van der Waals surface area contributed by atoms with Gasteiger partial charge in [-0.3, -0.25) is 30.0 Å². The van der Waals surface area contributed by atoms with Crippen LogP contribution in [0.3, 0.4) is 0 Å². The molecule has 0 amide bonds. The van der Waals surface area contributed by atoms with Crippen molar-refractivity contribution in [1.82, 2.24) is 31.5 Å². The molecule has 6 aromatic carbocycles. The summed E-state index contributed by atoms with van der Waals surface area (Å²) >= 11 is 41.5. The van der Waals surface area contributed by atoms with Crippen molar-refractivity contribution in [2.24, 2.45) is 91.2 Å². The van der Waals surface area contributed by atoms with E-state index in [-0.39, 0.29) is 95.3 Å². The number of benzene rings is 6. The highest BCUT2D eigenvalue weighted by Gasteiger charge is 2.71. The Hall–Kier alpha value is -5.85. The van der Waals surface area contributed by atoms with Gasteiger partial charge in [-0.1, -0.05) is 193 Å². The van der Waals surface area contributed by atoms with Gasteiger partial charge in [0, 0.05) is 142 Å². The molecule has 21 rings (SSSR count). The first kappa shape index (κ1) is 116. The van der Waals surface area contributed by atoms with Crippen LogP contribution in [0.5, 0.6) is 5.75 Å². The Kier molecular flexibility index (Phi) is 37.1. The topological polar surface area (TPSA) is 382 Å². The average Bonchev–Trinajstić information content (AvgIpc) is 1.52. The molecule has 4 saturated carbocycles. The van der Waals surface area contributed by atoms with E-state index in [2.05, 4.69) is 197 Å². The minimum absolute atomic E-state index is 0. The molecule has 1 radical (unpaired) electrons. The first-order valence-electron chi connectivity index (χ1n) is 49.1. The zero-order chi connectivity index (χ0) is 102. The molecule has 0 bridgehead atoms. The summed E-state index contributed by atoms with van der Waals surface area (Å²) in [5.41, 5.74) is 34.7. The van der Waals surface area contributed by atoms with E-state index in [1.165, 1.54) is 57.1 Å². The van der Waals surface area contributed by atoms with E-state index < -0.39 is 22.5 Å². The molecule has 7 heterocycles. The number of guanidine groups is 2. The van der Waals surface area contributed by atoms with Crippen molar-refractivity contribution in [3.05, 3.63) is 189 Å². The van der Waals surface area contributed by atoms with E-state index in [9.17, 15) is 8.78 Å². The second-order valence-electron chi connectivity index (χ2n) is 44.7. The van der Waals surface area contributed by atoms with Crippen LogP contribution in [0.15, 0.2) is 148 Å². The number of ether oxygens (including phenoxy) is 4. The summed E-state index contributed by atoms with van der Waals surface area (Å²) in [6, 6.07) is 34.8. The van der Waals surface area contributed by atoms with Crippen LogP contribution < -0.4 is 44.4 Å². The Morgan fingerprint density at radius 3 is 1.22 bits per heavy atom. The lowest BCUT2D eigenvalue weighted by atomic mass is 9.61. The Labute approximate surface area is 900 Å². The van der Waals surface area contributed by atoms with Crippen LogP contribution in [0.1, 0.15) is 230 Å². The molecule has 8 spiro atoms. The Bertz CT molecular complexity index is 5740. The molecule has 37 heteroatoms. The number of nitrogens with zero attached hydrogens (tertiary/aromatic N) is 8. The number of halogens is 7. The van der Waals surface area contributed by atoms with Crippen LogP contribution in [0.25, 0.3) is 11.1 Å². The number of methoxy groups -OCH3 is 4. The van der Waals surface area contributed by atoms with Gasteiger partial charge in [-0.2, -0.15) is 0 Å². The van der Waals surface area contributed by atoms with Crippen LogP contribution in [0.4, 0.5) is 8.78 Å². The van der Waals surface area contributed by atoms with Crippen molar-refractivity contribution in [1.29, 1.82) is 0 Å². The zero-order valence-corrected chi connectivity index (χ0v) is 95.0. The van der Waals surface area contributed by atoms with Gasteiger partial charge in [0.05, 0.1) is 34.2 Å². The van der Waals surface area contributed by atoms with E-state index in [0.29, 0.717) is 56.0 Å². The number of aliphatic hydroxyl groups is 1. The first-order valence-corrected chi connectivity index (χ1v) is 54.3. The van der Waals surface area contributed by atoms with Crippen molar-refractivity contribution >= 4 is 170 Å². The highest BCUT2D eigenvalue weighted by molar-refractivity contribution is 9.11. The van der Waals surface area contributed by atoms with Gasteiger partial charge in [0.1, 0.15) is 50.3 Å². The molecular weight excluding hydrogens is 2130 g/mol. The fourth-order valence-corrected chi connectivity index (χ4v) is 28.2. The molecule has 781 valence electrons. The number of nitrogens with one attached hydrogen (secondary N) is 2. The summed E-state index contributed by atoms with van der Waals surface area (Å²) in [7, 11) is 7.77. The molecule has 15 aliphatic rings. The molecule has 0 aromatic heterocycles. The standard InChI is InChI=1S/C28H32ClFN4O.C22H29BrN4O.C22H28BrN3OS.C17H18BrNOS3.C6H4BClFO2.C5H14N2.C4H10O2.C2H6O.H3N.H2O/c1-26(2)15-32-24-28(33-25(31)34(24)16-26)23-12-17(19-10-20(29)13-21(30)11-19)4-5-18(23)14-27(28)8-6-22(35-3)7-9-27;1-20(2)12-25-18-22(26-19(24)27(18)13-20)17-10-15(23)5-4-14(17)11-21(22)8-6-16(28-3)7-9-21;1-20(2)12-24-18-22(25-19(28)26(18)13-20)17-10-15(23)5-4-14(17)11-21(22)8-6-16(27-3)7-9-21;1-20-12-4-6-16(7-5-12)9-10-2-3-11(18)8-13(10)17(16)14(21)23-15(22)19-17;8-4-1-5(9)3-6(2-4)11-7-10;1-5(2,3-6)4-7;1-4(2,3)6-5;1-2-3;;/h4-5,10-13,22H,6-9,14-16H2,1-3H3,(H2,31,33);4-5,10,16H,6-9,11-13H2,1-3H3,(H2,24,26);4-5,10,16H,6-9,11-13H2,1-3H3,(H,25,28);2-3,8,12H,4-7,9H2,1H3,(H,19,22);1-3,10H;3-4,6-7H2,1-2H3;5H,1-3H3;3H,2H2,1H3;1H3;1H2. The normalized spacial score (nSPS) is 29.2.